The summed E-state index contributed by atoms with van der Waals surface area (Å²) in [4.78, 5) is 19.0. The topological polar surface area (TPSA) is 67.0 Å². The highest BCUT2D eigenvalue weighted by molar-refractivity contribution is 5.90. The zero-order chi connectivity index (χ0) is 14.5. The van der Waals surface area contributed by atoms with Crippen LogP contribution in [0, 0.1) is 0 Å². The lowest BCUT2D eigenvalue weighted by molar-refractivity contribution is -0.116. The van der Waals surface area contributed by atoms with E-state index in [2.05, 4.69) is 15.3 Å². The molecule has 5 nitrogen and oxygen atoms in total. The molecule has 0 aliphatic carbocycles. The van der Waals surface area contributed by atoms with Gasteiger partial charge in [0.2, 0.25) is 5.91 Å². The number of carbonyl (C=O) groups is 1. The highest BCUT2D eigenvalue weighted by Crippen LogP contribution is 2.22. The van der Waals surface area contributed by atoms with Crippen molar-refractivity contribution >= 4 is 22.6 Å². The average Bonchev–Trinajstić information content (AvgIpc) is 2.97. The quantitative estimate of drug-likeness (QED) is 0.755. The molecule has 1 aromatic heterocycles. The van der Waals surface area contributed by atoms with Gasteiger partial charge in [0, 0.05) is 5.69 Å². The number of aromatic nitrogens is 2. The third-order valence-electron chi connectivity index (χ3n) is 3.06. The lowest BCUT2D eigenvalue weighted by Gasteiger charge is -2.07. The molecule has 0 aliphatic heterocycles. The second-order valence-electron chi connectivity index (χ2n) is 4.57. The van der Waals surface area contributed by atoms with Crippen molar-refractivity contribution in [1.29, 1.82) is 0 Å². The van der Waals surface area contributed by atoms with Gasteiger partial charge in [-0.2, -0.15) is 0 Å². The van der Waals surface area contributed by atoms with Gasteiger partial charge in [-0.15, -0.1) is 0 Å². The molecule has 0 saturated heterocycles. The second kappa shape index (κ2) is 6.09. The molecule has 0 fully saturated rings. The largest absolute Gasteiger partial charge is 0.491 e. The molecule has 0 radical (unpaired) electrons. The first kappa shape index (κ1) is 13.2. The Bertz CT molecular complexity index is 737. The van der Waals surface area contributed by atoms with E-state index in [1.807, 2.05) is 48.5 Å². The van der Waals surface area contributed by atoms with Crippen LogP contribution >= 0.6 is 0 Å². The fourth-order valence-electron chi connectivity index (χ4n) is 2.05. The normalized spacial score (nSPS) is 10.5. The molecule has 1 heterocycles. The van der Waals surface area contributed by atoms with Crippen LogP contribution < -0.4 is 10.1 Å². The van der Waals surface area contributed by atoms with E-state index in [1.54, 1.807) is 6.33 Å². The summed E-state index contributed by atoms with van der Waals surface area (Å²) in [6.07, 6.45) is 1.91. The lowest BCUT2D eigenvalue weighted by Crippen LogP contribution is -2.15. The minimum atomic E-state index is -0.0737. The maximum atomic E-state index is 11.8. The van der Waals surface area contributed by atoms with Gasteiger partial charge in [0.05, 0.1) is 24.9 Å². The number of amides is 1. The van der Waals surface area contributed by atoms with Crippen LogP contribution in [0.25, 0.3) is 11.0 Å². The summed E-state index contributed by atoms with van der Waals surface area (Å²) in [6, 6.07) is 15.0. The highest BCUT2D eigenvalue weighted by atomic mass is 16.5. The molecular weight excluding hydrogens is 266 g/mol. The van der Waals surface area contributed by atoms with Crippen LogP contribution in [0.5, 0.6) is 5.75 Å². The molecule has 106 valence electrons. The molecule has 21 heavy (non-hydrogen) atoms. The summed E-state index contributed by atoms with van der Waals surface area (Å²) >= 11 is 0. The predicted molar refractivity (Wildman–Crippen MR) is 81.3 cm³/mol. The van der Waals surface area contributed by atoms with E-state index in [-0.39, 0.29) is 12.3 Å². The van der Waals surface area contributed by atoms with Gasteiger partial charge in [0.15, 0.2) is 0 Å². The SMILES string of the molecule is O=C(CCOc1cccc2[nH]cnc12)Nc1ccccc1. The summed E-state index contributed by atoms with van der Waals surface area (Å²) < 4.78 is 5.64. The number of imidazole rings is 1. The van der Waals surface area contributed by atoms with E-state index in [0.29, 0.717) is 12.4 Å². The van der Waals surface area contributed by atoms with Crippen LogP contribution in [-0.4, -0.2) is 22.5 Å². The number of rotatable bonds is 5. The summed E-state index contributed by atoms with van der Waals surface area (Å²) in [5, 5.41) is 2.82. The van der Waals surface area contributed by atoms with Crippen molar-refractivity contribution in [2.75, 3.05) is 11.9 Å². The Morgan fingerprint density at radius 1 is 1.14 bits per heavy atom. The Morgan fingerprint density at radius 3 is 2.86 bits per heavy atom. The number of anilines is 1. The molecule has 0 bridgehead atoms. The molecule has 5 heteroatoms. The van der Waals surface area contributed by atoms with Crippen molar-refractivity contribution in [2.24, 2.45) is 0 Å². The molecule has 3 aromatic rings. The summed E-state index contributed by atoms with van der Waals surface area (Å²) in [7, 11) is 0. The van der Waals surface area contributed by atoms with E-state index in [4.69, 9.17) is 4.74 Å². The molecule has 0 aliphatic rings. The zero-order valence-electron chi connectivity index (χ0n) is 11.4. The molecule has 2 N–H and O–H groups in total. The predicted octanol–water partition coefficient (Wildman–Crippen LogP) is 2.97. The molecule has 1 amide bonds. The minimum Gasteiger partial charge on any atom is -0.491 e. The first-order valence-corrected chi connectivity index (χ1v) is 6.73. The Labute approximate surface area is 122 Å². The molecule has 0 atom stereocenters. The van der Waals surface area contributed by atoms with Gasteiger partial charge in [-0.1, -0.05) is 24.3 Å². The highest BCUT2D eigenvalue weighted by Gasteiger charge is 2.06. The smallest absolute Gasteiger partial charge is 0.227 e. The van der Waals surface area contributed by atoms with Crippen LogP contribution in [0.2, 0.25) is 0 Å². The van der Waals surface area contributed by atoms with Crippen molar-refractivity contribution in [3.8, 4) is 5.75 Å². The number of hydrogen-bond acceptors (Lipinski definition) is 3. The molecule has 3 rings (SSSR count). The van der Waals surface area contributed by atoms with Crippen LogP contribution in [0.15, 0.2) is 54.9 Å². The van der Waals surface area contributed by atoms with Gasteiger partial charge in [0.1, 0.15) is 11.3 Å². The van der Waals surface area contributed by atoms with E-state index in [9.17, 15) is 4.79 Å². The van der Waals surface area contributed by atoms with Gasteiger partial charge in [-0.05, 0) is 24.3 Å². The standard InChI is InChI=1S/C16H15N3O2/c20-15(19-12-5-2-1-3-6-12)9-10-21-14-8-4-7-13-16(14)18-11-17-13/h1-8,11H,9-10H2,(H,17,18)(H,19,20). The number of carbonyl (C=O) groups excluding carboxylic acids is 1. The molecule has 0 saturated carbocycles. The van der Waals surface area contributed by atoms with Gasteiger partial charge < -0.3 is 15.0 Å². The molecule has 2 aromatic carbocycles. The number of nitrogens with one attached hydrogen (secondary N) is 2. The molecule has 0 unspecified atom stereocenters. The van der Waals surface area contributed by atoms with Crippen molar-refractivity contribution in [3.05, 3.63) is 54.9 Å². The monoisotopic (exact) mass is 281 g/mol. The van der Waals surface area contributed by atoms with Crippen LogP contribution in [0.4, 0.5) is 5.69 Å². The Hall–Kier alpha value is -2.82. The minimum absolute atomic E-state index is 0.0737. The summed E-state index contributed by atoms with van der Waals surface area (Å²) in [5.41, 5.74) is 2.49. The molecule has 0 spiro atoms. The third-order valence-corrected chi connectivity index (χ3v) is 3.06. The third kappa shape index (κ3) is 3.20. The number of hydrogen-bond donors (Lipinski definition) is 2. The van der Waals surface area contributed by atoms with Crippen molar-refractivity contribution in [1.82, 2.24) is 9.97 Å². The van der Waals surface area contributed by atoms with Crippen molar-refractivity contribution < 1.29 is 9.53 Å². The second-order valence-corrected chi connectivity index (χ2v) is 4.57. The Balaban J connectivity index is 1.54. The number of H-pyrrole nitrogens is 1. The van der Waals surface area contributed by atoms with Crippen LogP contribution in [0.3, 0.4) is 0 Å². The van der Waals surface area contributed by atoms with Crippen LogP contribution in [-0.2, 0) is 4.79 Å². The number of fused-ring (bicyclic) bond motifs is 1. The zero-order valence-corrected chi connectivity index (χ0v) is 11.4. The number of nitrogens with zero attached hydrogens (tertiary/aromatic N) is 1. The molecular formula is C16H15N3O2. The first-order valence-electron chi connectivity index (χ1n) is 6.73. The summed E-state index contributed by atoms with van der Waals surface area (Å²) in [6.45, 7) is 0.310. The fraction of sp³-hybridized carbons (Fsp3) is 0.125. The Morgan fingerprint density at radius 2 is 2.00 bits per heavy atom. The number of aromatic amines is 1. The Kier molecular flexibility index (Phi) is 3.82. The van der Waals surface area contributed by atoms with Gasteiger partial charge >= 0.3 is 0 Å². The number of benzene rings is 2. The maximum Gasteiger partial charge on any atom is 0.227 e. The van der Waals surface area contributed by atoms with Gasteiger partial charge in [-0.25, -0.2) is 4.98 Å². The van der Waals surface area contributed by atoms with Crippen molar-refractivity contribution in [3.63, 3.8) is 0 Å². The summed E-state index contributed by atoms with van der Waals surface area (Å²) in [5.74, 6) is 0.608. The van der Waals surface area contributed by atoms with Gasteiger partial charge in [-0.3, -0.25) is 4.79 Å². The lowest BCUT2D eigenvalue weighted by atomic mass is 10.3. The van der Waals surface area contributed by atoms with Crippen molar-refractivity contribution in [2.45, 2.75) is 6.42 Å². The van der Waals surface area contributed by atoms with E-state index < -0.39 is 0 Å². The van der Waals surface area contributed by atoms with E-state index >= 15 is 0 Å². The number of ether oxygens (including phenoxy) is 1. The number of para-hydroxylation sites is 2. The average molecular weight is 281 g/mol. The fourth-order valence-corrected chi connectivity index (χ4v) is 2.05. The first-order chi connectivity index (χ1) is 10.3. The maximum absolute atomic E-state index is 11.8. The van der Waals surface area contributed by atoms with Crippen LogP contribution in [0.1, 0.15) is 6.42 Å². The van der Waals surface area contributed by atoms with Gasteiger partial charge in [0.25, 0.3) is 0 Å². The van der Waals surface area contributed by atoms with E-state index in [0.717, 1.165) is 16.7 Å². The van der Waals surface area contributed by atoms with E-state index in [1.165, 1.54) is 0 Å².